The maximum absolute atomic E-state index is 8.35. The van der Waals surface area contributed by atoms with Crippen molar-refractivity contribution >= 4 is 23.9 Å². The molecule has 2 nitrogen and oxygen atoms in total. The van der Waals surface area contributed by atoms with E-state index in [2.05, 4.69) is 13.8 Å². The zero-order chi connectivity index (χ0) is 11.1. The summed E-state index contributed by atoms with van der Waals surface area (Å²) in [5.41, 5.74) is 0. The van der Waals surface area contributed by atoms with Crippen LogP contribution < -0.4 is 4.89 Å². The summed E-state index contributed by atoms with van der Waals surface area (Å²) in [4.78, 5) is 8.35. The first kappa shape index (κ1) is 17.0. The molecule has 0 N–H and O–H groups in total. The van der Waals surface area contributed by atoms with Gasteiger partial charge in [-0.05, 0) is 0 Å². The van der Waals surface area contributed by atoms with Gasteiger partial charge in [0, 0.05) is 0 Å². The fourth-order valence-electron chi connectivity index (χ4n) is 1.21. The van der Waals surface area contributed by atoms with E-state index in [9.17, 15) is 0 Å². The first-order valence-electron chi connectivity index (χ1n) is 5.60. The van der Waals surface area contributed by atoms with Gasteiger partial charge in [0.25, 0.3) is 0 Å². The second kappa shape index (κ2) is 19.2. The Morgan fingerprint density at radius 3 is 2.00 bits per heavy atom. The minimum absolute atomic E-state index is 0.811. The minimum atomic E-state index is -1.08. The molecule has 0 saturated carbocycles. The van der Waals surface area contributed by atoms with Crippen molar-refractivity contribution in [2.45, 2.75) is 62.9 Å². The molecule has 0 spiro atoms. The smallest absolute Gasteiger partial charge is 0.0642 e. The predicted molar refractivity (Wildman–Crippen MR) is 62.0 cm³/mol. The van der Waals surface area contributed by atoms with Crippen LogP contribution in [0.15, 0.2) is 0 Å². The molecular weight excluding hydrogens is 210 g/mol. The number of rotatable bonds is 8. The molecule has 0 heterocycles. The van der Waals surface area contributed by atoms with E-state index in [1.807, 2.05) is 0 Å². The van der Waals surface area contributed by atoms with Gasteiger partial charge in [0.15, 0.2) is 0 Å². The molecule has 0 fully saturated rings. The predicted octanol–water partition coefficient (Wildman–Crippen LogP) is 3.46. The van der Waals surface area contributed by atoms with Crippen molar-refractivity contribution in [3.63, 3.8) is 0 Å². The van der Waals surface area contributed by atoms with Gasteiger partial charge < -0.3 is 4.89 Å². The van der Waals surface area contributed by atoms with Gasteiger partial charge in [-0.3, -0.25) is 4.57 Å². The Morgan fingerprint density at radius 1 is 1.00 bits per heavy atom. The van der Waals surface area contributed by atoms with Crippen LogP contribution in [0.5, 0.6) is 0 Å². The summed E-state index contributed by atoms with van der Waals surface area (Å²) in [5, 5.41) is 3.10. The van der Waals surface area contributed by atoms with Gasteiger partial charge in [-0.2, -0.15) is 0 Å². The molecule has 82 valence electrons. The Bertz CT molecular complexity index is 94.1. The topological polar surface area (TPSA) is 40.1 Å². The molecule has 14 heavy (non-hydrogen) atoms. The summed E-state index contributed by atoms with van der Waals surface area (Å²) in [7, 11) is -1.08. The molecule has 0 aliphatic carbocycles. The maximum atomic E-state index is 8.35. The van der Waals surface area contributed by atoms with Gasteiger partial charge in [0.1, 0.15) is 0 Å². The Labute approximate surface area is 96.5 Å². The first-order valence-corrected chi connectivity index (χ1v) is 7.96. The van der Waals surface area contributed by atoms with Crippen LogP contribution in [0, 0.1) is 0 Å². The van der Waals surface area contributed by atoms with Crippen molar-refractivity contribution in [2.75, 3.05) is 0 Å². The molecule has 0 saturated heterocycles. The second-order valence-electron chi connectivity index (χ2n) is 3.35. The van der Waals surface area contributed by atoms with Crippen LogP contribution in [0.3, 0.4) is 0 Å². The fraction of sp³-hybridized carbons (Fsp3) is 1.00. The Morgan fingerprint density at radius 2 is 1.50 bits per heavy atom. The van der Waals surface area contributed by atoms with E-state index >= 15 is 0 Å². The molecule has 0 atom stereocenters. The Hall–Kier alpha value is 0.592. The van der Waals surface area contributed by atoms with Crippen LogP contribution >= 0.6 is 8.69 Å². The first-order chi connectivity index (χ1) is 6.83. The second-order valence-corrected chi connectivity index (χ2v) is 5.24. The normalized spacial score (nSPS) is 9.07. The van der Waals surface area contributed by atoms with Gasteiger partial charge in [-0.15, -0.1) is 0 Å². The summed E-state index contributed by atoms with van der Waals surface area (Å²) in [6, 6.07) is 0. The van der Waals surface area contributed by atoms with Crippen LogP contribution in [0.25, 0.3) is 0 Å². The minimum Gasteiger partial charge on any atom is -0.772 e. The summed E-state index contributed by atoms with van der Waals surface area (Å²) in [6.07, 6.45) is 8.69. The van der Waals surface area contributed by atoms with E-state index in [0.717, 1.165) is 15.2 Å². The molecular formula is C10H22AlO2P. The molecule has 0 amide bonds. The monoisotopic (exact) mass is 232 g/mol. The van der Waals surface area contributed by atoms with Gasteiger partial charge in [0.2, 0.25) is 0 Å². The van der Waals surface area contributed by atoms with Crippen LogP contribution in [0.4, 0.5) is 0 Å². The summed E-state index contributed by atoms with van der Waals surface area (Å²) in [5.74, 6) is 0. The van der Waals surface area contributed by atoms with Crippen LogP contribution in [-0.4, -0.2) is 15.2 Å². The molecule has 0 aromatic rings. The van der Waals surface area contributed by atoms with E-state index in [1.54, 1.807) is 10.6 Å². The van der Waals surface area contributed by atoms with E-state index in [0.29, 0.717) is 0 Å². The van der Waals surface area contributed by atoms with E-state index in [4.69, 9.17) is 9.46 Å². The van der Waals surface area contributed by atoms with E-state index < -0.39 is 8.69 Å². The summed E-state index contributed by atoms with van der Waals surface area (Å²) in [6.45, 7) is 4.57. The van der Waals surface area contributed by atoms with Crippen molar-refractivity contribution in [1.29, 1.82) is 0 Å². The average Bonchev–Trinajstić information content (AvgIpc) is 2.18. The van der Waals surface area contributed by atoms with Crippen molar-refractivity contribution in [1.82, 2.24) is 0 Å². The molecule has 0 aromatic heterocycles. The SMILES string of the molecule is CCCCC[CH2][Al+][CH2]CCC.O=P[O-]. The third-order valence-electron chi connectivity index (χ3n) is 2.02. The van der Waals surface area contributed by atoms with Crippen LogP contribution in [0.1, 0.15) is 52.4 Å². The molecule has 0 aliphatic rings. The van der Waals surface area contributed by atoms with Gasteiger partial charge in [-0.25, -0.2) is 0 Å². The zero-order valence-corrected chi connectivity index (χ0v) is 11.5. The van der Waals surface area contributed by atoms with Crippen LogP contribution in [0.2, 0.25) is 10.6 Å². The van der Waals surface area contributed by atoms with Crippen molar-refractivity contribution < 1.29 is 9.46 Å². The maximum Gasteiger partial charge on any atom is 0.0642 e. The zero-order valence-electron chi connectivity index (χ0n) is 9.50. The Kier molecular flexibility index (Phi) is 23.3. The number of hydrogen-bond donors (Lipinski definition) is 0. The van der Waals surface area contributed by atoms with Crippen molar-refractivity contribution in [3.05, 3.63) is 0 Å². The van der Waals surface area contributed by atoms with Crippen LogP contribution in [-0.2, 0) is 4.57 Å². The number of hydrogen-bond acceptors (Lipinski definition) is 2. The molecule has 0 radical (unpaired) electrons. The molecule has 0 aliphatic heterocycles. The van der Waals surface area contributed by atoms with Crippen molar-refractivity contribution in [2.24, 2.45) is 0 Å². The fourth-order valence-corrected chi connectivity index (χ4v) is 2.77. The van der Waals surface area contributed by atoms with E-state index in [-0.39, 0.29) is 0 Å². The van der Waals surface area contributed by atoms with Gasteiger partial charge in [0.05, 0.1) is 8.69 Å². The molecule has 0 rings (SSSR count). The standard InChI is InChI=1S/C6H13.C4H9.Al.HO2P/c1-3-5-6-4-2;1-3-4-2;;1-3-2/h1,3-6H2,2H3;1,3-4H2,2H3;;(H,1,2)/q;;+1;/p-1. The van der Waals surface area contributed by atoms with Crippen molar-refractivity contribution in [3.8, 4) is 0 Å². The van der Waals surface area contributed by atoms with Gasteiger partial charge >= 0.3 is 78.2 Å². The molecule has 4 heteroatoms. The third kappa shape index (κ3) is 22.9. The third-order valence-corrected chi connectivity index (χ3v) is 3.66. The van der Waals surface area contributed by atoms with E-state index in [1.165, 1.54) is 38.5 Å². The largest absolute Gasteiger partial charge is 0.772 e. The molecule has 0 aromatic carbocycles. The van der Waals surface area contributed by atoms with Gasteiger partial charge in [-0.1, -0.05) is 0 Å². The average molecular weight is 232 g/mol. The Balaban J connectivity index is 0. The molecule has 0 bridgehead atoms. The summed E-state index contributed by atoms with van der Waals surface area (Å²) >= 11 is 0.811. The summed E-state index contributed by atoms with van der Waals surface area (Å²) < 4.78 is 8.35. The number of unbranched alkanes of at least 4 members (excludes halogenated alkanes) is 4. The quantitative estimate of drug-likeness (QED) is 0.365. The molecule has 0 unspecified atom stereocenters.